The Morgan fingerprint density at radius 1 is 1.29 bits per heavy atom. The monoisotopic (exact) mass is 197 g/mol. The lowest BCUT2D eigenvalue weighted by atomic mass is 10.0. The smallest absolute Gasteiger partial charge is 0.0638 e. The van der Waals surface area contributed by atoms with Crippen LogP contribution in [0.25, 0.3) is 0 Å². The van der Waals surface area contributed by atoms with E-state index in [2.05, 4.69) is 51.2 Å². The van der Waals surface area contributed by atoms with Gasteiger partial charge in [0.1, 0.15) is 0 Å². The van der Waals surface area contributed by atoms with Crippen molar-refractivity contribution in [1.82, 2.24) is 10.2 Å². The fourth-order valence-corrected chi connectivity index (χ4v) is 1.41. The van der Waals surface area contributed by atoms with E-state index in [1.165, 1.54) is 0 Å². The maximum atomic E-state index is 8.57. The SMILES string of the molecule is CC(CC#N)NC(CN(C)C)C(C)C. The van der Waals surface area contributed by atoms with E-state index in [1.807, 2.05) is 0 Å². The molecule has 0 rings (SSSR count). The number of nitrogens with one attached hydrogen (secondary N) is 1. The summed E-state index contributed by atoms with van der Waals surface area (Å²) in [5, 5.41) is 12.1. The zero-order valence-electron chi connectivity index (χ0n) is 10.0. The average Bonchev–Trinajstić information content (AvgIpc) is 2.02. The van der Waals surface area contributed by atoms with Crippen molar-refractivity contribution >= 4 is 0 Å². The van der Waals surface area contributed by atoms with Gasteiger partial charge in [0.2, 0.25) is 0 Å². The van der Waals surface area contributed by atoms with Gasteiger partial charge in [0.05, 0.1) is 12.5 Å². The van der Waals surface area contributed by atoms with Gasteiger partial charge in [-0.2, -0.15) is 5.26 Å². The molecule has 0 heterocycles. The van der Waals surface area contributed by atoms with Gasteiger partial charge < -0.3 is 10.2 Å². The Bertz CT molecular complexity index is 181. The van der Waals surface area contributed by atoms with Gasteiger partial charge in [0, 0.05) is 18.6 Å². The van der Waals surface area contributed by atoms with Crippen LogP contribution in [0.15, 0.2) is 0 Å². The summed E-state index contributed by atoms with van der Waals surface area (Å²) >= 11 is 0. The molecule has 3 nitrogen and oxygen atoms in total. The Balaban J connectivity index is 4.03. The maximum Gasteiger partial charge on any atom is 0.0638 e. The summed E-state index contributed by atoms with van der Waals surface area (Å²) in [6.07, 6.45) is 0.580. The van der Waals surface area contributed by atoms with Gasteiger partial charge in [0.15, 0.2) is 0 Å². The molecule has 0 aliphatic heterocycles. The molecule has 0 aliphatic carbocycles. The van der Waals surface area contributed by atoms with Crippen molar-refractivity contribution in [3.8, 4) is 6.07 Å². The minimum atomic E-state index is 0.285. The second-order valence-corrected chi connectivity index (χ2v) is 4.54. The third-order valence-corrected chi connectivity index (χ3v) is 2.26. The Hall–Kier alpha value is -0.590. The molecule has 0 fully saturated rings. The van der Waals surface area contributed by atoms with Crippen molar-refractivity contribution < 1.29 is 0 Å². The van der Waals surface area contributed by atoms with Gasteiger partial charge in [-0.15, -0.1) is 0 Å². The van der Waals surface area contributed by atoms with Crippen molar-refractivity contribution in [1.29, 1.82) is 5.26 Å². The summed E-state index contributed by atoms with van der Waals surface area (Å²) in [5.74, 6) is 0.596. The van der Waals surface area contributed by atoms with Crippen LogP contribution >= 0.6 is 0 Å². The van der Waals surface area contributed by atoms with Gasteiger partial charge in [0.25, 0.3) is 0 Å². The molecule has 1 N–H and O–H groups in total. The van der Waals surface area contributed by atoms with Crippen LogP contribution in [0.3, 0.4) is 0 Å². The molecular formula is C11H23N3. The highest BCUT2D eigenvalue weighted by Gasteiger charge is 2.16. The standard InChI is InChI=1S/C11H23N3/c1-9(2)11(8-14(4)5)13-10(3)6-7-12/h9-11,13H,6,8H2,1-5H3. The first kappa shape index (κ1) is 13.4. The molecule has 0 aromatic rings. The number of hydrogen-bond acceptors (Lipinski definition) is 3. The third-order valence-electron chi connectivity index (χ3n) is 2.26. The first-order valence-electron chi connectivity index (χ1n) is 5.25. The second kappa shape index (κ2) is 6.80. The second-order valence-electron chi connectivity index (χ2n) is 4.54. The van der Waals surface area contributed by atoms with E-state index in [4.69, 9.17) is 5.26 Å². The van der Waals surface area contributed by atoms with E-state index in [0.717, 1.165) is 6.54 Å². The summed E-state index contributed by atoms with van der Waals surface area (Å²) in [7, 11) is 4.15. The van der Waals surface area contributed by atoms with Crippen LogP contribution in [0.1, 0.15) is 27.2 Å². The minimum Gasteiger partial charge on any atom is -0.309 e. The lowest BCUT2D eigenvalue weighted by molar-refractivity contribution is 0.273. The van der Waals surface area contributed by atoms with Gasteiger partial charge in [-0.3, -0.25) is 0 Å². The van der Waals surface area contributed by atoms with Gasteiger partial charge >= 0.3 is 0 Å². The number of likely N-dealkylation sites (N-methyl/N-ethyl adjacent to an activating group) is 1. The van der Waals surface area contributed by atoms with E-state index in [1.54, 1.807) is 0 Å². The predicted octanol–water partition coefficient (Wildman–Crippen LogP) is 1.46. The van der Waals surface area contributed by atoms with Crippen molar-refractivity contribution in [2.24, 2.45) is 5.92 Å². The molecule has 0 spiro atoms. The molecule has 0 bridgehead atoms. The zero-order chi connectivity index (χ0) is 11.1. The van der Waals surface area contributed by atoms with Gasteiger partial charge in [-0.25, -0.2) is 0 Å². The quantitative estimate of drug-likeness (QED) is 0.701. The van der Waals surface area contributed by atoms with Gasteiger partial charge in [-0.05, 0) is 26.9 Å². The third kappa shape index (κ3) is 5.95. The molecule has 0 aliphatic rings. The van der Waals surface area contributed by atoms with Crippen molar-refractivity contribution in [2.45, 2.75) is 39.3 Å². The molecule has 0 saturated heterocycles. The van der Waals surface area contributed by atoms with Crippen molar-refractivity contribution in [2.75, 3.05) is 20.6 Å². The fourth-order valence-electron chi connectivity index (χ4n) is 1.41. The van der Waals surface area contributed by atoms with Crippen LogP contribution < -0.4 is 5.32 Å². The summed E-state index contributed by atoms with van der Waals surface area (Å²) in [6.45, 7) is 7.50. The first-order valence-corrected chi connectivity index (χ1v) is 5.25. The number of rotatable bonds is 6. The van der Waals surface area contributed by atoms with E-state index in [9.17, 15) is 0 Å². The summed E-state index contributed by atoms with van der Waals surface area (Å²) < 4.78 is 0. The Kier molecular flexibility index (Phi) is 6.52. The van der Waals surface area contributed by atoms with Crippen LogP contribution in [0.4, 0.5) is 0 Å². The van der Waals surface area contributed by atoms with Crippen LogP contribution in [0.5, 0.6) is 0 Å². The average molecular weight is 197 g/mol. The lowest BCUT2D eigenvalue weighted by Gasteiger charge is -2.28. The highest BCUT2D eigenvalue weighted by molar-refractivity contribution is 4.82. The minimum absolute atomic E-state index is 0.285. The molecular weight excluding hydrogens is 174 g/mol. The lowest BCUT2D eigenvalue weighted by Crippen LogP contribution is -2.45. The molecule has 2 atom stereocenters. The van der Waals surface area contributed by atoms with Crippen LogP contribution in [0.2, 0.25) is 0 Å². The first-order chi connectivity index (χ1) is 6.47. The Labute approximate surface area is 88.1 Å². The van der Waals surface area contributed by atoms with Gasteiger partial charge in [-0.1, -0.05) is 13.8 Å². The largest absolute Gasteiger partial charge is 0.309 e. The number of nitriles is 1. The molecule has 0 amide bonds. The summed E-state index contributed by atoms with van der Waals surface area (Å²) in [4.78, 5) is 2.18. The number of hydrogen-bond donors (Lipinski definition) is 1. The van der Waals surface area contributed by atoms with Crippen LogP contribution in [0, 0.1) is 17.2 Å². The topological polar surface area (TPSA) is 39.1 Å². The molecule has 0 radical (unpaired) electrons. The van der Waals surface area contributed by atoms with Crippen molar-refractivity contribution in [3.05, 3.63) is 0 Å². The Morgan fingerprint density at radius 2 is 1.86 bits per heavy atom. The van der Waals surface area contributed by atoms with E-state index < -0.39 is 0 Å². The molecule has 0 aromatic carbocycles. The van der Waals surface area contributed by atoms with Crippen molar-refractivity contribution in [3.63, 3.8) is 0 Å². The van der Waals surface area contributed by atoms with Crippen LogP contribution in [-0.2, 0) is 0 Å². The maximum absolute atomic E-state index is 8.57. The molecule has 82 valence electrons. The molecule has 0 saturated carbocycles. The highest BCUT2D eigenvalue weighted by atomic mass is 15.1. The predicted molar refractivity (Wildman–Crippen MR) is 60.0 cm³/mol. The van der Waals surface area contributed by atoms with Crippen LogP contribution in [-0.4, -0.2) is 37.6 Å². The van der Waals surface area contributed by atoms with E-state index in [-0.39, 0.29) is 6.04 Å². The molecule has 3 heteroatoms. The van der Waals surface area contributed by atoms with E-state index in [0.29, 0.717) is 18.4 Å². The molecule has 0 aromatic heterocycles. The molecule has 14 heavy (non-hydrogen) atoms. The molecule has 2 unspecified atom stereocenters. The fraction of sp³-hybridized carbons (Fsp3) is 0.909. The Morgan fingerprint density at radius 3 is 2.21 bits per heavy atom. The highest BCUT2D eigenvalue weighted by Crippen LogP contribution is 2.04. The zero-order valence-corrected chi connectivity index (χ0v) is 10.0. The summed E-state index contributed by atoms with van der Waals surface area (Å²) in [5.41, 5.74) is 0. The summed E-state index contributed by atoms with van der Waals surface area (Å²) in [6, 6.07) is 2.94. The number of nitrogens with zero attached hydrogens (tertiary/aromatic N) is 2. The normalized spacial score (nSPS) is 15.6. The van der Waals surface area contributed by atoms with E-state index >= 15 is 0 Å².